The van der Waals surface area contributed by atoms with E-state index in [0.717, 1.165) is 4.90 Å². The number of carboxylic acid groups (broad SMARTS) is 1. The molecule has 0 aromatic heterocycles. The van der Waals surface area contributed by atoms with Crippen molar-refractivity contribution in [1.29, 1.82) is 0 Å². The second kappa shape index (κ2) is 5.48. The summed E-state index contributed by atoms with van der Waals surface area (Å²) in [4.78, 5) is 24.6. The highest BCUT2D eigenvalue weighted by Crippen LogP contribution is 2.39. The Morgan fingerprint density at radius 1 is 1.19 bits per heavy atom. The molecule has 122 valence electrons. The number of likely N-dealkylation sites (tertiary alicyclic amines) is 1. The fourth-order valence-corrected chi connectivity index (χ4v) is 2.43. The topological polar surface area (TPSA) is 87.1 Å². The molecule has 0 radical (unpaired) electrons. The fraction of sp³-hybridized carbons (Fsp3) is 0.867. The van der Waals surface area contributed by atoms with E-state index in [0.29, 0.717) is 6.42 Å². The van der Waals surface area contributed by atoms with Crippen LogP contribution in [0.5, 0.6) is 0 Å². The van der Waals surface area contributed by atoms with Crippen LogP contribution in [0.15, 0.2) is 0 Å². The second-order valence-corrected chi connectivity index (χ2v) is 7.78. The largest absolute Gasteiger partial charge is 0.465 e. The third-order valence-corrected chi connectivity index (χ3v) is 3.96. The van der Waals surface area contributed by atoms with Gasteiger partial charge in [-0.15, -0.1) is 0 Å². The first-order valence-corrected chi connectivity index (χ1v) is 7.22. The summed E-state index contributed by atoms with van der Waals surface area (Å²) < 4.78 is 5.29. The van der Waals surface area contributed by atoms with Crippen LogP contribution in [0.2, 0.25) is 0 Å². The van der Waals surface area contributed by atoms with E-state index in [1.807, 2.05) is 20.8 Å². The smallest absolute Gasteiger partial charge is 0.408 e. The van der Waals surface area contributed by atoms with Gasteiger partial charge in [0.25, 0.3) is 0 Å². The number of β-amino-alcohol motifs (C(OH)–C–C–N with tert-alkyl or cyclic N) is 1. The molecule has 6 nitrogen and oxygen atoms in total. The van der Waals surface area contributed by atoms with E-state index in [4.69, 9.17) is 4.74 Å². The Bertz CT molecular complexity index is 421. The van der Waals surface area contributed by atoms with Crippen molar-refractivity contribution >= 4 is 12.1 Å². The number of esters is 1. The number of carbonyl (C=O) groups excluding carboxylic acids is 1. The van der Waals surface area contributed by atoms with Gasteiger partial charge in [0.05, 0.1) is 12.1 Å². The standard InChI is InChI=1S/C15H27NO5/c1-13(2,3)15(20)8-7-10(16(9-15)12(18)19)11(17)21-14(4,5)6/h10,20H,7-9H2,1-6H3,(H,18,19). The molecule has 2 unspecified atom stereocenters. The zero-order chi connectivity index (χ0) is 16.6. The van der Waals surface area contributed by atoms with Gasteiger partial charge in [-0.2, -0.15) is 0 Å². The lowest BCUT2D eigenvalue weighted by Crippen LogP contribution is -2.61. The maximum Gasteiger partial charge on any atom is 0.408 e. The van der Waals surface area contributed by atoms with Gasteiger partial charge in [-0.05, 0) is 39.0 Å². The van der Waals surface area contributed by atoms with Gasteiger partial charge in [-0.3, -0.25) is 4.90 Å². The number of hydrogen-bond acceptors (Lipinski definition) is 4. The Hall–Kier alpha value is -1.30. The van der Waals surface area contributed by atoms with Gasteiger partial charge in [0.1, 0.15) is 11.6 Å². The van der Waals surface area contributed by atoms with Crippen LogP contribution in [0, 0.1) is 5.41 Å². The van der Waals surface area contributed by atoms with Crippen LogP contribution in [0.3, 0.4) is 0 Å². The zero-order valence-electron chi connectivity index (χ0n) is 13.8. The van der Waals surface area contributed by atoms with Crippen molar-refractivity contribution in [2.45, 2.75) is 71.6 Å². The SMILES string of the molecule is CC(C)(C)OC(=O)C1CCC(O)(C(C)(C)C)CN1C(=O)O. The van der Waals surface area contributed by atoms with Crippen LogP contribution in [-0.4, -0.2) is 51.0 Å². The molecule has 6 heteroatoms. The molecule has 0 saturated carbocycles. The van der Waals surface area contributed by atoms with Crippen LogP contribution in [0.4, 0.5) is 4.79 Å². The number of hydrogen-bond donors (Lipinski definition) is 2. The van der Waals surface area contributed by atoms with E-state index in [-0.39, 0.29) is 13.0 Å². The van der Waals surface area contributed by atoms with Crippen LogP contribution in [-0.2, 0) is 9.53 Å². The predicted molar refractivity (Wildman–Crippen MR) is 78.0 cm³/mol. The van der Waals surface area contributed by atoms with Crippen molar-refractivity contribution < 1.29 is 24.5 Å². The number of nitrogens with zero attached hydrogens (tertiary/aromatic N) is 1. The van der Waals surface area contributed by atoms with Crippen LogP contribution in [0.1, 0.15) is 54.4 Å². The zero-order valence-corrected chi connectivity index (χ0v) is 13.8. The number of ether oxygens (including phenoxy) is 1. The maximum absolute atomic E-state index is 12.2. The lowest BCUT2D eigenvalue weighted by molar-refractivity contribution is -0.169. The van der Waals surface area contributed by atoms with Gasteiger partial charge in [-0.1, -0.05) is 20.8 Å². The highest BCUT2D eigenvalue weighted by atomic mass is 16.6. The highest BCUT2D eigenvalue weighted by molar-refractivity contribution is 5.81. The molecule has 2 N–H and O–H groups in total. The number of rotatable bonds is 1. The van der Waals surface area contributed by atoms with E-state index < -0.39 is 34.7 Å². The fourth-order valence-electron chi connectivity index (χ4n) is 2.43. The Morgan fingerprint density at radius 3 is 2.10 bits per heavy atom. The van der Waals surface area contributed by atoms with Crippen LogP contribution < -0.4 is 0 Å². The molecule has 1 aliphatic heterocycles. The molecule has 0 aliphatic carbocycles. The summed E-state index contributed by atoms with van der Waals surface area (Å²) in [7, 11) is 0. The Morgan fingerprint density at radius 2 is 1.71 bits per heavy atom. The summed E-state index contributed by atoms with van der Waals surface area (Å²) in [6.07, 6.45) is -0.590. The molecule has 0 spiro atoms. The van der Waals surface area contributed by atoms with Crippen molar-refractivity contribution in [2.24, 2.45) is 5.41 Å². The minimum absolute atomic E-state index is 0.0876. The molecule has 1 rings (SSSR count). The quantitative estimate of drug-likeness (QED) is 0.725. The lowest BCUT2D eigenvalue weighted by atomic mass is 9.71. The minimum atomic E-state index is -1.21. The van der Waals surface area contributed by atoms with Crippen LogP contribution in [0.25, 0.3) is 0 Å². The molecular weight excluding hydrogens is 274 g/mol. The maximum atomic E-state index is 12.2. The molecule has 0 aromatic rings. The van der Waals surface area contributed by atoms with Gasteiger partial charge < -0.3 is 14.9 Å². The lowest BCUT2D eigenvalue weighted by Gasteiger charge is -2.48. The number of aliphatic hydroxyl groups is 1. The molecule has 2 atom stereocenters. The third kappa shape index (κ3) is 4.09. The van der Waals surface area contributed by atoms with E-state index in [9.17, 15) is 19.8 Å². The molecule has 1 heterocycles. The molecule has 1 aliphatic rings. The third-order valence-electron chi connectivity index (χ3n) is 3.96. The average Bonchev–Trinajstić information content (AvgIpc) is 2.24. The van der Waals surface area contributed by atoms with E-state index in [2.05, 4.69) is 0 Å². The monoisotopic (exact) mass is 301 g/mol. The van der Waals surface area contributed by atoms with Crippen molar-refractivity contribution in [2.75, 3.05) is 6.54 Å². The van der Waals surface area contributed by atoms with E-state index in [1.54, 1.807) is 20.8 Å². The molecule has 21 heavy (non-hydrogen) atoms. The molecule has 1 fully saturated rings. The van der Waals surface area contributed by atoms with Gasteiger partial charge in [-0.25, -0.2) is 9.59 Å². The van der Waals surface area contributed by atoms with Crippen molar-refractivity contribution in [3.05, 3.63) is 0 Å². The second-order valence-electron chi connectivity index (χ2n) is 7.78. The van der Waals surface area contributed by atoms with Crippen LogP contribution >= 0.6 is 0 Å². The number of piperidine rings is 1. The average molecular weight is 301 g/mol. The molecule has 1 amide bonds. The first-order valence-electron chi connectivity index (χ1n) is 7.22. The Labute approximate surface area is 126 Å². The normalized spacial score (nSPS) is 27.4. The molecule has 0 aromatic carbocycles. The van der Waals surface area contributed by atoms with E-state index >= 15 is 0 Å². The first kappa shape index (κ1) is 17.8. The van der Waals surface area contributed by atoms with Crippen molar-refractivity contribution in [3.8, 4) is 0 Å². The van der Waals surface area contributed by atoms with Gasteiger partial charge in [0.2, 0.25) is 0 Å². The molecular formula is C15H27NO5. The van der Waals surface area contributed by atoms with Gasteiger partial charge >= 0.3 is 12.1 Å². The summed E-state index contributed by atoms with van der Waals surface area (Å²) in [6, 6.07) is -0.857. The number of amides is 1. The Balaban J connectivity index is 2.96. The number of carbonyl (C=O) groups is 2. The van der Waals surface area contributed by atoms with Gasteiger partial charge in [0, 0.05) is 0 Å². The van der Waals surface area contributed by atoms with Crippen molar-refractivity contribution in [3.63, 3.8) is 0 Å². The van der Waals surface area contributed by atoms with Gasteiger partial charge in [0.15, 0.2) is 0 Å². The highest BCUT2D eigenvalue weighted by Gasteiger charge is 2.49. The summed E-state index contributed by atoms with van der Waals surface area (Å²) in [5, 5.41) is 20.1. The summed E-state index contributed by atoms with van der Waals surface area (Å²) in [5.41, 5.74) is -2.29. The summed E-state index contributed by atoms with van der Waals surface area (Å²) in [6.45, 7) is 10.7. The van der Waals surface area contributed by atoms with E-state index in [1.165, 1.54) is 0 Å². The molecule has 0 bridgehead atoms. The van der Waals surface area contributed by atoms with Crippen molar-refractivity contribution in [1.82, 2.24) is 4.90 Å². The summed E-state index contributed by atoms with van der Waals surface area (Å²) in [5.74, 6) is -0.555. The molecule has 1 saturated heterocycles. The minimum Gasteiger partial charge on any atom is -0.465 e. The summed E-state index contributed by atoms with van der Waals surface area (Å²) >= 11 is 0. The first-order chi connectivity index (χ1) is 9.27. The Kier molecular flexibility index (Phi) is 4.63. The predicted octanol–water partition coefficient (Wildman–Crippen LogP) is 2.25.